The Morgan fingerprint density at radius 3 is 1.73 bits per heavy atom. The lowest BCUT2D eigenvalue weighted by atomic mass is 9.69. The summed E-state index contributed by atoms with van der Waals surface area (Å²) in [5.74, 6) is -1.42. The molecular formula is C41H37NO7. The number of carbonyl (C=O) groups is 4. The van der Waals surface area contributed by atoms with E-state index in [2.05, 4.69) is 5.92 Å². The van der Waals surface area contributed by atoms with E-state index in [1.54, 1.807) is 30.9 Å². The number of ether oxygens (including phenoxy) is 3. The minimum absolute atomic E-state index is 0.0148. The molecule has 0 bridgehead atoms. The largest absolute Gasteiger partial charge is 0.465 e. The highest BCUT2D eigenvalue weighted by Gasteiger charge is 2.68. The van der Waals surface area contributed by atoms with Gasteiger partial charge in [0.15, 0.2) is 5.41 Å². The molecule has 0 aliphatic carbocycles. The number of nitrogens with zero attached hydrogens (tertiary/aromatic N) is 1. The first-order valence-corrected chi connectivity index (χ1v) is 16.4. The standard InChI is InChI=1S/C41H37NO7/c1-4-26-39(37(45)47-5-2,38(46)48-6-3)28-32-27-35(43)49-41(32)33-24-16-17-25-34(33)42(36(41)44)40(29-18-10-7-11-19-29,30-20-12-8-13-21-30)31-22-14-9-15-23-31/h1,7-25,32H,5-6,26-28H2,2-3H3/t32-,41+/m1/s1. The van der Waals surface area contributed by atoms with E-state index in [0.717, 1.165) is 16.7 Å². The van der Waals surface area contributed by atoms with Gasteiger partial charge in [-0.2, -0.15) is 0 Å². The van der Waals surface area contributed by atoms with Crippen LogP contribution in [-0.2, 0) is 44.5 Å². The van der Waals surface area contributed by atoms with Crippen LogP contribution in [0.15, 0.2) is 115 Å². The average molecular weight is 656 g/mol. The van der Waals surface area contributed by atoms with Crippen LogP contribution in [0.4, 0.5) is 5.69 Å². The predicted molar refractivity (Wildman–Crippen MR) is 183 cm³/mol. The van der Waals surface area contributed by atoms with Crippen molar-refractivity contribution < 1.29 is 33.4 Å². The third-order valence-electron chi connectivity index (χ3n) is 9.57. The van der Waals surface area contributed by atoms with Crippen molar-refractivity contribution in [2.45, 2.75) is 44.2 Å². The average Bonchev–Trinajstić information content (AvgIpc) is 3.59. The second-order valence-corrected chi connectivity index (χ2v) is 12.2. The maximum Gasteiger partial charge on any atom is 0.324 e. The lowest BCUT2D eigenvalue weighted by Gasteiger charge is -2.44. The van der Waals surface area contributed by atoms with Crippen molar-refractivity contribution in [3.63, 3.8) is 0 Å². The quantitative estimate of drug-likeness (QED) is 0.0614. The fourth-order valence-electron chi connectivity index (χ4n) is 7.59. The molecule has 2 heterocycles. The first kappa shape index (κ1) is 33.2. The maximum atomic E-state index is 15.7. The van der Waals surface area contributed by atoms with Crippen LogP contribution in [0, 0.1) is 23.7 Å². The molecule has 1 saturated heterocycles. The van der Waals surface area contributed by atoms with Crippen molar-refractivity contribution in [3.05, 3.63) is 138 Å². The fourth-order valence-corrected chi connectivity index (χ4v) is 7.59. The summed E-state index contributed by atoms with van der Waals surface area (Å²) in [6, 6.07) is 36.3. The number of carbonyl (C=O) groups excluding carboxylic acids is 4. The van der Waals surface area contributed by atoms with E-state index in [1.165, 1.54) is 0 Å². The number of fused-ring (bicyclic) bond motifs is 2. The van der Waals surface area contributed by atoms with E-state index >= 15 is 4.79 Å². The van der Waals surface area contributed by atoms with Crippen molar-refractivity contribution in [1.82, 2.24) is 0 Å². The van der Waals surface area contributed by atoms with Crippen LogP contribution < -0.4 is 4.90 Å². The molecular weight excluding hydrogens is 618 g/mol. The second-order valence-electron chi connectivity index (χ2n) is 12.2. The summed E-state index contributed by atoms with van der Waals surface area (Å²) in [6.07, 6.45) is 4.85. The molecule has 2 atom stereocenters. The number of hydrogen-bond donors (Lipinski definition) is 0. The summed E-state index contributed by atoms with van der Waals surface area (Å²) in [7, 11) is 0. The van der Waals surface area contributed by atoms with Gasteiger partial charge in [0.1, 0.15) is 5.54 Å². The van der Waals surface area contributed by atoms with E-state index < -0.39 is 46.3 Å². The first-order valence-electron chi connectivity index (χ1n) is 16.4. The summed E-state index contributed by atoms with van der Waals surface area (Å²) in [4.78, 5) is 58.4. The highest BCUT2D eigenvalue weighted by Crippen LogP contribution is 2.59. The molecule has 0 aromatic heterocycles. The van der Waals surface area contributed by atoms with Gasteiger partial charge in [0.2, 0.25) is 5.60 Å². The summed E-state index contributed by atoms with van der Waals surface area (Å²) in [5, 5.41) is 0. The Labute approximate surface area is 286 Å². The van der Waals surface area contributed by atoms with E-state index in [9.17, 15) is 14.4 Å². The molecule has 248 valence electrons. The van der Waals surface area contributed by atoms with Crippen molar-refractivity contribution in [2.24, 2.45) is 11.3 Å². The van der Waals surface area contributed by atoms with Crippen molar-refractivity contribution >= 4 is 29.5 Å². The normalized spacial score (nSPS) is 18.5. The Hall–Kier alpha value is -5.68. The van der Waals surface area contributed by atoms with Crippen LogP contribution in [0.1, 0.15) is 55.4 Å². The maximum absolute atomic E-state index is 15.7. The molecule has 2 aliphatic heterocycles. The molecule has 8 heteroatoms. The van der Waals surface area contributed by atoms with Crippen LogP contribution in [0.5, 0.6) is 0 Å². The Morgan fingerprint density at radius 1 is 0.796 bits per heavy atom. The lowest BCUT2D eigenvalue weighted by molar-refractivity contribution is -0.175. The van der Waals surface area contributed by atoms with Gasteiger partial charge < -0.3 is 14.2 Å². The lowest BCUT2D eigenvalue weighted by Crippen LogP contribution is -2.55. The van der Waals surface area contributed by atoms with Crippen LogP contribution in [-0.4, -0.2) is 37.0 Å². The molecule has 8 nitrogen and oxygen atoms in total. The van der Waals surface area contributed by atoms with Crippen molar-refractivity contribution in [1.29, 1.82) is 0 Å². The third kappa shape index (κ3) is 5.17. The van der Waals surface area contributed by atoms with E-state index in [0.29, 0.717) is 11.3 Å². The zero-order valence-electron chi connectivity index (χ0n) is 27.5. The summed E-state index contributed by atoms with van der Waals surface area (Å²) >= 11 is 0. The van der Waals surface area contributed by atoms with E-state index in [1.807, 2.05) is 103 Å². The van der Waals surface area contributed by atoms with Crippen LogP contribution in [0.3, 0.4) is 0 Å². The molecule has 1 amide bonds. The number of terminal acetylenes is 1. The minimum Gasteiger partial charge on any atom is -0.465 e. The second kappa shape index (κ2) is 13.4. The van der Waals surface area contributed by atoms with Gasteiger partial charge in [-0.05, 0) is 43.0 Å². The van der Waals surface area contributed by atoms with Crippen LogP contribution >= 0.6 is 0 Å². The monoisotopic (exact) mass is 655 g/mol. The number of benzene rings is 4. The number of para-hydroxylation sites is 1. The molecule has 0 saturated carbocycles. The van der Waals surface area contributed by atoms with Gasteiger partial charge in [-0.15, -0.1) is 12.3 Å². The van der Waals surface area contributed by atoms with Crippen LogP contribution in [0.2, 0.25) is 0 Å². The molecule has 1 fully saturated rings. The van der Waals surface area contributed by atoms with Crippen molar-refractivity contribution in [3.8, 4) is 12.3 Å². The smallest absolute Gasteiger partial charge is 0.324 e. The molecule has 0 radical (unpaired) electrons. The molecule has 49 heavy (non-hydrogen) atoms. The van der Waals surface area contributed by atoms with Gasteiger partial charge in [0, 0.05) is 17.9 Å². The zero-order chi connectivity index (χ0) is 34.6. The van der Waals surface area contributed by atoms with Gasteiger partial charge in [-0.1, -0.05) is 109 Å². The molecule has 0 unspecified atom stereocenters. The van der Waals surface area contributed by atoms with Crippen LogP contribution in [0.25, 0.3) is 0 Å². The Morgan fingerprint density at radius 2 is 1.27 bits per heavy atom. The Bertz CT molecular complexity index is 1790. The summed E-state index contributed by atoms with van der Waals surface area (Å²) in [5.41, 5.74) is -1.74. The SMILES string of the molecule is C#CCC(C[C@H]1CC(=O)O[C@@]12C(=O)N(C(c1ccccc1)(c1ccccc1)c1ccccc1)c1ccccc12)(C(=O)OCC)C(=O)OCC. The minimum atomic E-state index is -1.98. The van der Waals surface area contributed by atoms with E-state index in [4.69, 9.17) is 20.6 Å². The molecule has 4 aromatic carbocycles. The first-order chi connectivity index (χ1) is 23.8. The van der Waals surface area contributed by atoms with E-state index in [-0.39, 0.29) is 32.5 Å². The van der Waals surface area contributed by atoms with Gasteiger partial charge >= 0.3 is 17.9 Å². The fraction of sp³-hybridized carbons (Fsp3) is 0.268. The number of hydrogen-bond acceptors (Lipinski definition) is 7. The van der Waals surface area contributed by atoms with Gasteiger partial charge in [0.25, 0.3) is 5.91 Å². The van der Waals surface area contributed by atoms with Gasteiger partial charge in [-0.25, -0.2) is 0 Å². The Balaban J connectivity index is 1.63. The Kier molecular flexibility index (Phi) is 9.11. The molecule has 1 spiro atoms. The molecule has 0 N–H and O–H groups in total. The topological polar surface area (TPSA) is 99.2 Å². The number of rotatable bonds is 11. The number of amides is 1. The summed E-state index contributed by atoms with van der Waals surface area (Å²) < 4.78 is 17.0. The molecule has 4 aromatic rings. The van der Waals surface area contributed by atoms with Crippen molar-refractivity contribution in [2.75, 3.05) is 18.1 Å². The highest BCUT2D eigenvalue weighted by atomic mass is 16.6. The zero-order valence-corrected chi connectivity index (χ0v) is 27.5. The van der Waals surface area contributed by atoms with Gasteiger partial charge in [-0.3, -0.25) is 24.1 Å². The highest BCUT2D eigenvalue weighted by molar-refractivity contribution is 6.12. The number of anilines is 1. The molecule has 6 rings (SSSR count). The third-order valence-corrected chi connectivity index (χ3v) is 9.57. The predicted octanol–water partition coefficient (Wildman–Crippen LogP) is 6.31. The van der Waals surface area contributed by atoms with Gasteiger partial charge in [0.05, 0.1) is 25.3 Å². The number of esters is 3. The summed E-state index contributed by atoms with van der Waals surface area (Å²) in [6.45, 7) is 3.22. The molecule has 2 aliphatic rings.